The van der Waals surface area contributed by atoms with Gasteiger partial charge in [0.25, 0.3) is 0 Å². The van der Waals surface area contributed by atoms with Crippen molar-refractivity contribution in [3.8, 4) is 0 Å². The average Bonchev–Trinajstić information content (AvgIpc) is 2.92. The molecule has 0 unspecified atom stereocenters. The lowest BCUT2D eigenvalue weighted by Crippen LogP contribution is -2.40. The molecule has 2 rings (SSSR count). The number of allylic oxidation sites excluding steroid dienone is 8. The molecule has 0 N–H and O–H groups in total. The van der Waals surface area contributed by atoms with Gasteiger partial charge in [-0.25, -0.2) is 0 Å². The summed E-state index contributed by atoms with van der Waals surface area (Å²) < 4.78 is 0. The van der Waals surface area contributed by atoms with Crippen LogP contribution in [0.5, 0.6) is 0 Å². The van der Waals surface area contributed by atoms with Crippen LogP contribution in [0.15, 0.2) is 48.6 Å². The summed E-state index contributed by atoms with van der Waals surface area (Å²) in [5, 5.41) is 0. The van der Waals surface area contributed by atoms with Gasteiger partial charge in [0, 0.05) is 0 Å². The lowest BCUT2D eigenvalue weighted by atomic mass is 10.4. The molecule has 0 aromatic rings. The zero-order valence-corrected chi connectivity index (χ0v) is 10.7. The normalized spacial score (nSPS) is 20.9. The Bertz CT molecular complexity index is 275. The topological polar surface area (TPSA) is 0 Å². The van der Waals surface area contributed by atoms with Crippen molar-refractivity contribution in [1.82, 2.24) is 0 Å². The second-order valence-electron chi connectivity index (χ2n) is 4.53. The van der Waals surface area contributed by atoms with Crippen molar-refractivity contribution in [2.45, 2.75) is 37.0 Å². The summed E-state index contributed by atoms with van der Waals surface area (Å²) in [6.45, 7) is 4.77. The van der Waals surface area contributed by atoms with Crippen LogP contribution in [0.4, 0.5) is 0 Å². The van der Waals surface area contributed by atoms with E-state index in [2.05, 4.69) is 62.5 Å². The molecular weight excluding hydrogens is 196 g/mol. The van der Waals surface area contributed by atoms with Crippen LogP contribution >= 0.6 is 0 Å². The first-order chi connectivity index (χ1) is 7.33. The minimum absolute atomic E-state index is 0.755. The van der Waals surface area contributed by atoms with Crippen LogP contribution in [-0.2, 0) is 0 Å². The van der Waals surface area contributed by atoms with Crippen molar-refractivity contribution in [1.29, 1.82) is 0 Å². The first-order valence-electron chi connectivity index (χ1n) is 6.03. The van der Waals surface area contributed by atoms with E-state index in [-0.39, 0.29) is 0 Å². The molecule has 0 aromatic carbocycles. The average molecular weight is 216 g/mol. The molecule has 0 spiro atoms. The molecule has 0 saturated carbocycles. The van der Waals surface area contributed by atoms with E-state index in [0.29, 0.717) is 0 Å². The van der Waals surface area contributed by atoms with Gasteiger partial charge in [-0.05, 0) is 11.1 Å². The lowest BCUT2D eigenvalue weighted by Gasteiger charge is -2.38. The molecule has 0 bridgehead atoms. The third kappa shape index (κ3) is 1.69. The van der Waals surface area contributed by atoms with Gasteiger partial charge in [0.2, 0.25) is 0 Å². The molecule has 0 aromatic heterocycles. The van der Waals surface area contributed by atoms with Crippen LogP contribution in [-0.4, -0.2) is 8.07 Å². The van der Waals surface area contributed by atoms with Crippen LogP contribution in [0.3, 0.4) is 0 Å². The molecule has 0 aliphatic heterocycles. The summed E-state index contributed by atoms with van der Waals surface area (Å²) in [6.07, 6.45) is 18.6. The maximum absolute atomic E-state index is 2.42. The molecule has 80 valence electrons. The standard InChI is InChI=1S/C14H20Si/c1-3-15(4-2,13-9-5-6-10-13)14-11-7-8-12-14/h5-14H,3-4H2,1-2H3. The highest BCUT2D eigenvalue weighted by atomic mass is 28.3. The summed E-state index contributed by atoms with van der Waals surface area (Å²) in [4.78, 5) is 0. The van der Waals surface area contributed by atoms with Gasteiger partial charge >= 0.3 is 0 Å². The van der Waals surface area contributed by atoms with Gasteiger partial charge in [-0.2, -0.15) is 0 Å². The van der Waals surface area contributed by atoms with Crippen molar-refractivity contribution in [2.75, 3.05) is 0 Å². The Morgan fingerprint density at radius 2 is 1.07 bits per heavy atom. The van der Waals surface area contributed by atoms with Crippen molar-refractivity contribution >= 4 is 8.07 Å². The Kier molecular flexibility index (Phi) is 3.10. The molecule has 0 saturated heterocycles. The molecule has 1 heteroatoms. The molecule has 15 heavy (non-hydrogen) atoms. The molecule has 0 radical (unpaired) electrons. The fourth-order valence-corrected chi connectivity index (χ4v) is 7.85. The van der Waals surface area contributed by atoms with Crippen LogP contribution < -0.4 is 0 Å². The number of rotatable bonds is 4. The van der Waals surface area contributed by atoms with Crippen molar-refractivity contribution in [3.05, 3.63) is 48.6 Å². The Hall–Kier alpha value is -0.823. The van der Waals surface area contributed by atoms with Crippen LogP contribution in [0.25, 0.3) is 0 Å². The first-order valence-corrected chi connectivity index (χ1v) is 8.60. The SMILES string of the molecule is CC[Si](CC)(C1C=CC=C1)C1C=CC=C1. The fraction of sp³-hybridized carbons (Fsp3) is 0.429. The Balaban J connectivity index is 2.29. The van der Waals surface area contributed by atoms with Gasteiger partial charge in [0.1, 0.15) is 0 Å². The second kappa shape index (κ2) is 4.36. The first kappa shape index (κ1) is 10.7. The van der Waals surface area contributed by atoms with Gasteiger partial charge in [-0.3, -0.25) is 0 Å². The number of hydrogen-bond acceptors (Lipinski definition) is 0. The van der Waals surface area contributed by atoms with E-state index < -0.39 is 8.07 Å². The predicted octanol–water partition coefficient (Wildman–Crippen LogP) is 4.47. The van der Waals surface area contributed by atoms with E-state index in [1.807, 2.05) is 0 Å². The van der Waals surface area contributed by atoms with Gasteiger partial charge in [0.15, 0.2) is 0 Å². The van der Waals surface area contributed by atoms with Crippen LogP contribution in [0, 0.1) is 0 Å². The third-order valence-electron chi connectivity index (χ3n) is 4.14. The largest absolute Gasteiger partial charge is 0.0803 e. The summed E-state index contributed by atoms with van der Waals surface area (Å²) in [6, 6.07) is 2.75. The van der Waals surface area contributed by atoms with Crippen molar-refractivity contribution < 1.29 is 0 Å². The minimum atomic E-state index is -1.22. The molecule has 0 nitrogen and oxygen atoms in total. The summed E-state index contributed by atoms with van der Waals surface area (Å²) in [7, 11) is -1.22. The molecule has 0 heterocycles. The smallest absolute Gasteiger partial charge is 0.0753 e. The Morgan fingerprint density at radius 3 is 1.33 bits per heavy atom. The monoisotopic (exact) mass is 216 g/mol. The zero-order chi connectivity index (χ0) is 10.7. The molecular formula is C14H20Si. The third-order valence-corrected chi connectivity index (χ3v) is 10.2. The highest BCUT2D eigenvalue weighted by Crippen LogP contribution is 2.45. The van der Waals surface area contributed by atoms with E-state index in [1.54, 1.807) is 0 Å². The lowest BCUT2D eigenvalue weighted by molar-refractivity contribution is 1.06. The van der Waals surface area contributed by atoms with E-state index >= 15 is 0 Å². The molecule has 2 aliphatic carbocycles. The molecule has 0 fully saturated rings. The van der Waals surface area contributed by atoms with E-state index in [4.69, 9.17) is 0 Å². The summed E-state index contributed by atoms with van der Waals surface area (Å²) in [5.74, 6) is 0. The van der Waals surface area contributed by atoms with Gasteiger partial charge < -0.3 is 0 Å². The minimum Gasteiger partial charge on any atom is -0.0803 e. The summed E-state index contributed by atoms with van der Waals surface area (Å²) in [5.41, 5.74) is 1.51. The maximum atomic E-state index is 2.42. The highest BCUT2D eigenvalue weighted by Gasteiger charge is 2.41. The molecule has 0 amide bonds. The number of hydrogen-bond donors (Lipinski definition) is 0. The zero-order valence-electron chi connectivity index (χ0n) is 9.69. The van der Waals surface area contributed by atoms with Gasteiger partial charge in [-0.1, -0.05) is 74.5 Å². The van der Waals surface area contributed by atoms with Gasteiger partial charge in [0.05, 0.1) is 8.07 Å². The van der Waals surface area contributed by atoms with E-state index in [9.17, 15) is 0 Å². The van der Waals surface area contributed by atoms with E-state index in [0.717, 1.165) is 11.1 Å². The Labute approximate surface area is 94.1 Å². The van der Waals surface area contributed by atoms with Crippen LogP contribution in [0.2, 0.25) is 23.2 Å². The Morgan fingerprint density at radius 1 is 0.733 bits per heavy atom. The molecule has 2 aliphatic rings. The van der Waals surface area contributed by atoms with E-state index in [1.165, 1.54) is 12.1 Å². The van der Waals surface area contributed by atoms with Gasteiger partial charge in [-0.15, -0.1) is 0 Å². The highest BCUT2D eigenvalue weighted by molar-refractivity contribution is 6.84. The molecule has 0 atom stereocenters. The quantitative estimate of drug-likeness (QED) is 0.608. The maximum Gasteiger partial charge on any atom is 0.0753 e. The van der Waals surface area contributed by atoms with Crippen molar-refractivity contribution in [3.63, 3.8) is 0 Å². The second-order valence-corrected chi connectivity index (χ2v) is 9.75. The predicted molar refractivity (Wildman–Crippen MR) is 70.8 cm³/mol. The van der Waals surface area contributed by atoms with Crippen molar-refractivity contribution in [2.24, 2.45) is 0 Å². The van der Waals surface area contributed by atoms with Crippen LogP contribution in [0.1, 0.15) is 13.8 Å². The fourth-order valence-electron chi connectivity index (χ4n) is 3.05. The summed E-state index contributed by atoms with van der Waals surface area (Å²) >= 11 is 0.